The van der Waals surface area contributed by atoms with Crippen molar-refractivity contribution in [3.63, 3.8) is 0 Å². The number of ketones is 1. The van der Waals surface area contributed by atoms with Gasteiger partial charge in [-0.1, -0.05) is 98.9 Å². The van der Waals surface area contributed by atoms with Gasteiger partial charge in [-0.2, -0.15) is 0 Å². The number of cyclic esters (lactones) is 1. The molecule has 0 aromatic rings. The van der Waals surface area contributed by atoms with Gasteiger partial charge in [0, 0.05) is 43.9 Å². The standard InChI is InChI=1S/C47H71NO17/c1-27-17-15-13-11-9-7-5-6-8-10-12-14-16-18-34(64-46-44(58)41(48)43(57)30(4)63-46)24-38-40(45(59)60)37(54)26-47(61,65-38)25-36(53)35(52)20-19-31(49)21-32(50)22-33(51)23-39(55)62-29(3)28(2)42(27)56/h5-18,27-31,33-38,40-44,46,49,51-54,56-58,61H,19-26,48H2,1-4H3,(H,59,60)/b6-5+,9-7+,10-8+,13-11+,14-12+,17-15+,18-16+/t27-,28-,29-,30?,31?,33+,34-,35?,36+,37-,38-,40+,41?,42+,43?,44?,46?,47+/m0/s1. The third-order valence-electron chi connectivity index (χ3n) is 11.9. The molecule has 3 heterocycles. The summed E-state index contributed by atoms with van der Waals surface area (Å²) in [7, 11) is 0. The van der Waals surface area contributed by atoms with Crippen LogP contribution in [0.1, 0.15) is 79.1 Å². The molecule has 0 spiro atoms. The molecule has 7 unspecified atom stereocenters. The molecular weight excluding hydrogens is 851 g/mol. The average Bonchev–Trinajstić information content (AvgIpc) is 3.21. The van der Waals surface area contributed by atoms with Gasteiger partial charge >= 0.3 is 11.9 Å². The second-order valence-electron chi connectivity index (χ2n) is 17.4. The molecule has 2 saturated heterocycles. The number of aliphatic carboxylic acids is 1. The van der Waals surface area contributed by atoms with Crippen molar-refractivity contribution >= 4 is 17.7 Å². The number of nitrogens with two attached hydrogens (primary N) is 1. The van der Waals surface area contributed by atoms with E-state index in [9.17, 15) is 65.4 Å². The van der Waals surface area contributed by atoms with E-state index in [1.54, 1.807) is 86.8 Å². The van der Waals surface area contributed by atoms with Crippen molar-refractivity contribution in [3.8, 4) is 0 Å². The van der Waals surface area contributed by atoms with E-state index in [0.29, 0.717) is 0 Å². The number of allylic oxidation sites excluding steroid dienone is 12. The Morgan fingerprint density at radius 1 is 0.677 bits per heavy atom. The molecule has 65 heavy (non-hydrogen) atoms. The van der Waals surface area contributed by atoms with Crippen molar-refractivity contribution < 1.29 is 84.4 Å². The minimum absolute atomic E-state index is 0.201. The fraction of sp³-hybridized carbons (Fsp3) is 0.638. The molecule has 366 valence electrons. The molecule has 3 aliphatic rings. The third-order valence-corrected chi connectivity index (χ3v) is 11.9. The number of carboxylic acids is 1. The number of hydrogen-bond donors (Lipinski definition) is 11. The molecule has 2 fully saturated rings. The quantitative estimate of drug-likeness (QED) is 0.175. The lowest BCUT2D eigenvalue weighted by molar-refractivity contribution is -0.310. The van der Waals surface area contributed by atoms with E-state index < -0.39 is 153 Å². The minimum Gasteiger partial charge on any atom is -0.481 e. The molecule has 12 N–H and O–H groups in total. The zero-order valence-electron chi connectivity index (χ0n) is 37.5. The van der Waals surface area contributed by atoms with Gasteiger partial charge in [0.25, 0.3) is 0 Å². The zero-order chi connectivity index (χ0) is 48.4. The van der Waals surface area contributed by atoms with Crippen LogP contribution in [0.15, 0.2) is 85.1 Å². The highest BCUT2D eigenvalue weighted by molar-refractivity contribution is 5.80. The summed E-state index contributed by atoms with van der Waals surface area (Å²) in [6, 6.07) is -1.15. The summed E-state index contributed by atoms with van der Waals surface area (Å²) >= 11 is 0. The Labute approximate surface area is 380 Å². The molecule has 0 amide bonds. The van der Waals surface area contributed by atoms with E-state index in [1.165, 1.54) is 13.0 Å². The Kier molecular flexibility index (Phi) is 23.2. The Hall–Kier alpha value is -3.73. The lowest BCUT2D eigenvalue weighted by atomic mass is 9.82. The molecule has 0 aliphatic carbocycles. The third kappa shape index (κ3) is 18.5. The molecule has 2 bridgehead atoms. The monoisotopic (exact) mass is 921 g/mol. The van der Waals surface area contributed by atoms with Crippen molar-refractivity contribution in [1.82, 2.24) is 0 Å². The first-order valence-electron chi connectivity index (χ1n) is 22.2. The molecule has 3 aliphatic heterocycles. The molecule has 3 rings (SSSR count). The smallest absolute Gasteiger partial charge is 0.311 e. The van der Waals surface area contributed by atoms with E-state index in [4.69, 9.17) is 24.7 Å². The Balaban J connectivity index is 1.86. The van der Waals surface area contributed by atoms with Crippen LogP contribution in [0.25, 0.3) is 0 Å². The molecule has 0 aromatic carbocycles. The number of aliphatic hydroxyl groups is 9. The summed E-state index contributed by atoms with van der Waals surface area (Å²) in [5.41, 5.74) is 6.01. The van der Waals surface area contributed by atoms with Gasteiger partial charge in [0.1, 0.15) is 23.9 Å². The SMILES string of the molecule is CC1OC(O[C@H]2/C=C/C=C/C=C/C=C/C=C/C=C/C=C/[C@H](C)[C@@H](O)[C@@H](C)[C@H](C)OC(=O)C[C@H](O)CC(=O)CC(O)CCC(O)[C@H](O)C[C@]3(O)C[C@H](O)[C@@H](C(=O)O)[C@H](C2)O3)C(O)C(N)C1O. The Morgan fingerprint density at radius 3 is 1.80 bits per heavy atom. The second-order valence-corrected chi connectivity index (χ2v) is 17.4. The molecular formula is C47H71NO17. The number of fused-ring (bicyclic) bond motifs is 2. The summed E-state index contributed by atoms with van der Waals surface area (Å²) in [6.45, 7) is 6.69. The number of Topliss-reactive ketones (excluding diaryl/α,β-unsaturated/α-hetero) is 1. The summed E-state index contributed by atoms with van der Waals surface area (Å²) in [5, 5.41) is 107. The van der Waals surface area contributed by atoms with Gasteiger partial charge in [-0.15, -0.1) is 0 Å². The van der Waals surface area contributed by atoms with Crippen LogP contribution in [-0.4, -0.2) is 160 Å². The van der Waals surface area contributed by atoms with Crippen LogP contribution in [0.3, 0.4) is 0 Å². The first-order valence-corrected chi connectivity index (χ1v) is 22.2. The maximum atomic E-state index is 12.7. The molecule has 18 atom stereocenters. The lowest BCUT2D eigenvalue weighted by Crippen LogP contribution is -2.61. The molecule has 18 nitrogen and oxygen atoms in total. The van der Waals surface area contributed by atoms with Gasteiger partial charge in [-0.25, -0.2) is 0 Å². The minimum atomic E-state index is -2.37. The number of hydrogen-bond acceptors (Lipinski definition) is 17. The van der Waals surface area contributed by atoms with Gasteiger partial charge in [0.05, 0.1) is 73.5 Å². The fourth-order valence-electron chi connectivity index (χ4n) is 7.81. The number of aliphatic hydroxyl groups excluding tert-OH is 8. The fourth-order valence-corrected chi connectivity index (χ4v) is 7.81. The highest BCUT2D eigenvalue weighted by Gasteiger charge is 2.51. The molecule has 18 heteroatoms. The number of carbonyl (C=O) groups is 3. The van der Waals surface area contributed by atoms with Gasteiger partial charge in [0.15, 0.2) is 12.1 Å². The predicted molar refractivity (Wildman–Crippen MR) is 236 cm³/mol. The average molecular weight is 922 g/mol. The van der Waals surface area contributed by atoms with E-state index >= 15 is 0 Å². The van der Waals surface area contributed by atoms with E-state index in [2.05, 4.69) is 0 Å². The molecule has 0 saturated carbocycles. The predicted octanol–water partition coefficient (Wildman–Crippen LogP) is 0.920. The van der Waals surface area contributed by atoms with Crippen LogP contribution >= 0.6 is 0 Å². The van der Waals surface area contributed by atoms with Gasteiger partial charge < -0.3 is 75.7 Å². The summed E-state index contributed by atoms with van der Waals surface area (Å²) < 4.78 is 23.1. The topological polar surface area (TPSA) is 316 Å². The molecule has 0 radical (unpaired) electrons. The van der Waals surface area contributed by atoms with E-state index in [1.807, 2.05) is 13.0 Å². The van der Waals surface area contributed by atoms with Crippen molar-refractivity contribution in [3.05, 3.63) is 85.1 Å². The van der Waals surface area contributed by atoms with Crippen LogP contribution in [0.4, 0.5) is 0 Å². The zero-order valence-corrected chi connectivity index (χ0v) is 37.5. The Bertz CT molecular complexity index is 1710. The van der Waals surface area contributed by atoms with Crippen LogP contribution in [-0.2, 0) is 33.3 Å². The summed E-state index contributed by atoms with van der Waals surface area (Å²) in [6.07, 6.45) is 3.75. The van der Waals surface area contributed by atoms with Crippen LogP contribution < -0.4 is 5.73 Å². The number of esters is 1. The Morgan fingerprint density at radius 2 is 1.22 bits per heavy atom. The maximum Gasteiger partial charge on any atom is 0.311 e. The van der Waals surface area contributed by atoms with Crippen LogP contribution in [0.5, 0.6) is 0 Å². The normalized spacial score (nSPS) is 44.4. The van der Waals surface area contributed by atoms with Crippen molar-refractivity contribution in [2.24, 2.45) is 23.5 Å². The van der Waals surface area contributed by atoms with Gasteiger partial charge in [-0.05, 0) is 26.7 Å². The lowest BCUT2D eigenvalue weighted by Gasteiger charge is -2.45. The van der Waals surface area contributed by atoms with Gasteiger partial charge in [-0.3, -0.25) is 14.4 Å². The second kappa shape index (κ2) is 27.2. The highest BCUT2D eigenvalue weighted by atomic mass is 16.7. The highest BCUT2D eigenvalue weighted by Crippen LogP contribution is 2.38. The van der Waals surface area contributed by atoms with Crippen molar-refractivity contribution in [2.75, 3.05) is 0 Å². The summed E-state index contributed by atoms with van der Waals surface area (Å²) in [4.78, 5) is 37.7. The van der Waals surface area contributed by atoms with Crippen molar-refractivity contribution in [2.45, 2.75) is 170 Å². The number of carboxylic acid groups (broad SMARTS) is 1. The first kappa shape index (κ1) is 55.6. The molecule has 0 aromatic heterocycles. The first-order chi connectivity index (χ1) is 30.6. The number of carbonyl (C=O) groups excluding carboxylic acids is 2. The number of rotatable bonds is 3. The van der Waals surface area contributed by atoms with Gasteiger partial charge in [0.2, 0.25) is 0 Å². The van der Waals surface area contributed by atoms with Crippen LogP contribution in [0.2, 0.25) is 0 Å². The number of ether oxygens (including phenoxy) is 4. The van der Waals surface area contributed by atoms with E-state index in [0.717, 1.165) is 0 Å². The van der Waals surface area contributed by atoms with Crippen LogP contribution in [0, 0.1) is 17.8 Å². The van der Waals surface area contributed by atoms with E-state index in [-0.39, 0.29) is 25.2 Å². The maximum absolute atomic E-state index is 12.7. The largest absolute Gasteiger partial charge is 0.481 e. The summed E-state index contributed by atoms with van der Waals surface area (Å²) in [5.74, 6) is -7.57. The van der Waals surface area contributed by atoms with Crippen molar-refractivity contribution in [1.29, 1.82) is 0 Å².